The molecule has 0 atom stereocenters. The molecule has 0 saturated heterocycles. The van der Waals surface area contributed by atoms with Crippen LogP contribution in [0.25, 0.3) is 0 Å². The van der Waals surface area contributed by atoms with Crippen LogP contribution in [0.4, 0.5) is 5.69 Å². The summed E-state index contributed by atoms with van der Waals surface area (Å²) in [7, 11) is 2.17. The normalized spacial score (nSPS) is 10.9. The van der Waals surface area contributed by atoms with E-state index < -0.39 is 0 Å². The maximum absolute atomic E-state index is 3.49. The first-order valence-electron chi connectivity index (χ1n) is 7.08. The van der Waals surface area contributed by atoms with E-state index in [9.17, 15) is 0 Å². The average Bonchev–Trinajstić information content (AvgIpc) is 2.34. The number of nitrogens with one attached hydrogen (secondary N) is 1. The van der Waals surface area contributed by atoms with Gasteiger partial charge in [0.1, 0.15) is 0 Å². The van der Waals surface area contributed by atoms with Crippen molar-refractivity contribution >= 4 is 5.69 Å². The molecule has 0 saturated carbocycles. The molecule has 0 amide bonds. The van der Waals surface area contributed by atoms with E-state index in [0.717, 1.165) is 25.6 Å². The number of rotatable bonds is 8. The van der Waals surface area contributed by atoms with Crippen molar-refractivity contribution < 1.29 is 0 Å². The van der Waals surface area contributed by atoms with Gasteiger partial charge in [0.25, 0.3) is 0 Å². The van der Waals surface area contributed by atoms with Crippen LogP contribution in [0, 0.1) is 12.8 Å². The first-order chi connectivity index (χ1) is 8.59. The summed E-state index contributed by atoms with van der Waals surface area (Å²) in [5.74, 6) is 0.750. The van der Waals surface area contributed by atoms with Crippen LogP contribution in [0.1, 0.15) is 32.3 Å². The summed E-state index contributed by atoms with van der Waals surface area (Å²) in [6.07, 6.45) is 2.50. The highest BCUT2D eigenvalue weighted by Crippen LogP contribution is 2.13. The molecule has 0 aromatic heterocycles. The van der Waals surface area contributed by atoms with E-state index in [4.69, 9.17) is 0 Å². The molecule has 0 bridgehead atoms. The van der Waals surface area contributed by atoms with Crippen LogP contribution in [0.2, 0.25) is 0 Å². The Balaban J connectivity index is 2.13. The lowest BCUT2D eigenvalue weighted by Gasteiger charge is -2.19. The van der Waals surface area contributed by atoms with Gasteiger partial charge in [0.2, 0.25) is 0 Å². The fourth-order valence-corrected chi connectivity index (χ4v) is 1.92. The third-order valence-corrected chi connectivity index (χ3v) is 3.12. The van der Waals surface area contributed by atoms with E-state index in [1.807, 2.05) is 0 Å². The van der Waals surface area contributed by atoms with Gasteiger partial charge >= 0.3 is 0 Å². The Bertz CT molecular complexity index is 316. The number of unbranched alkanes of at least 4 members (excludes halogenated alkanes) is 1. The highest BCUT2D eigenvalue weighted by molar-refractivity contribution is 5.46. The third-order valence-electron chi connectivity index (χ3n) is 3.12. The second-order valence-corrected chi connectivity index (χ2v) is 5.56. The number of anilines is 1. The molecule has 0 aliphatic rings. The Morgan fingerprint density at radius 1 is 1.11 bits per heavy atom. The second kappa shape index (κ2) is 8.15. The zero-order valence-electron chi connectivity index (χ0n) is 12.4. The number of benzene rings is 1. The van der Waals surface area contributed by atoms with Crippen LogP contribution in [0.5, 0.6) is 0 Å². The van der Waals surface area contributed by atoms with Gasteiger partial charge in [0, 0.05) is 19.3 Å². The molecule has 0 unspecified atom stereocenters. The number of hydrogen-bond donors (Lipinski definition) is 1. The Hall–Kier alpha value is -1.02. The van der Waals surface area contributed by atoms with Crippen molar-refractivity contribution in [2.75, 3.05) is 31.6 Å². The van der Waals surface area contributed by atoms with E-state index in [-0.39, 0.29) is 0 Å². The zero-order chi connectivity index (χ0) is 13.4. The van der Waals surface area contributed by atoms with Gasteiger partial charge in [-0.15, -0.1) is 0 Å². The van der Waals surface area contributed by atoms with Crippen molar-refractivity contribution in [1.82, 2.24) is 5.32 Å². The monoisotopic (exact) mass is 248 g/mol. The van der Waals surface area contributed by atoms with Gasteiger partial charge in [0.15, 0.2) is 0 Å². The molecule has 1 aromatic carbocycles. The predicted octanol–water partition coefficient (Wildman–Crippen LogP) is 3.46. The Morgan fingerprint density at radius 2 is 1.78 bits per heavy atom. The molecule has 0 heterocycles. The van der Waals surface area contributed by atoms with Gasteiger partial charge in [0.05, 0.1) is 0 Å². The minimum Gasteiger partial charge on any atom is -0.375 e. The Morgan fingerprint density at radius 3 is 2.39 bits per heavy atom. The maximum Gasteiger partial charge on any atom is 0.0363 e. The highest BCUT2D eigenvalue weighted by Gasteiger charge is 2.00. The summed E-state index contributed by atoms with van der Waals surface area (Å²) < 4.78 is 0. The topological polar surface area (TPSA) is 15.3 Å². The van der Waals surface area contributed by atoms with Crippen molar-refractivity contribution in [3.63, 3.8) is 0 Å². The summed E-state index contributed by atoms with van der Waals surface area (Å²) in [5.41, 5.74) is 2.64. The van der Waals surface area contributed by atoms with Gasteiger partial charge in [-0.3, -0.25) is 0 Å². The molecule has 102 valence electrons. The molecule has 0 aliphatic carbocycles. The second-order valence-electron chi connectivity index (χ2n) is 5.56. The van der Waals surface area contributed by atoms with Gasteiger partial charge in [-0.1, -0.05) is 31.5 Å². The summed E-state index contributed by atoms with van der Waals surface area (Å²) in [5, 5.41) is 3.49. The van der Waals surface area contributed by atoms with E-state index in [1.54, 1.807) is 0 Å². The fraction of sp³-hybridized carbons (Fsp3) is 0.625. The standard InChI is InChI=1S/C16H28N2/c1-14(2)13-17-11-5-6-12-18(4)16-9-7-15(3)8-10-16/h7-10,14,17H,5-6,11-13H2,1-4H3. The molecular weight excluding hydrogens is 220 g/mol. The average molecular weight is 248 g/mol. The smallest absolute Gasteiger partial charge is 0.0363 e. The lowest BCUT2D eigenvalue weighted by atomic mass is 10.2. The van der Waals surface area contributed by atoms with E-state index in [0.29, 0.717) is 0 Å². The molecular formula is C16H28N2. The molecule has 2 heteroatoms. The van der Waals surface area contributed by atoms with Gasteiger partial charge in [-0.05, 0) is 50.9 Å². The van der Waals surface area contributed by atoms with Crippen molar-refractivity contribution in [2.24, 2.45) is 5.92 Å². The van der Waals surface area contributed by atoms with Crippen LogP contribution < -0.4 is 10.2 Å². The lowest BCUT2D eigenvalue weighted by molar-refractivity contribution is 0.535. The molecule has 1 rings (SSSR count). The highest BCUT2D eigenvalue weighted by atomic mass is 15.1. The largest absolute Gasteiger partial charge is 0.375 e. The number of hydrogen-bond acceptors (Lipinski definition) is 2. The predicted molar refractivity (Wildman–Crippen MR) is 81.4 cm³/mol. The third kappa shape index (κ3) is 6.06. The summed E-state index contributed by atoms with van der Waals surface area (Å²) in [4.78, 5) is 2.34. The zero-order valence-corrected chi connectivity index (χ0v) is 12.4. The van der Waals surface area contributed by atoms with Crippen molar-refractivity contribution in [3.8, 4) is 0 Å². The van der Waals surface area contributed by atoms with Crippen molar-refractivity contribution in [3.05, 3.63) is 29.8 Å². The van der Waals surface area contributed by atoms with Crippen LogP contribution >= 0.6 is 0 Å². The Kier molecular flexibility index (Phi) is 6.81. The van der Waals surface area contributed by atoms with Gasteiger partial charge < -0.3 is 10.2 Å². The van der Waals surface area contributed by atoms with E-state index in [2.05, 4.69) is 62.3 Å². The molecule has 0 aliphatic heterocycles. The summed E-state index contributed by atoms with van der Waals surface area (Å²) >= 11 is 0. The quantitative estimate of drug-likeness (QED) is 0.709. The first kappa shape index (κ1) is 15.0. The molecule has 2 nitrogen and oxygen atoms in total. The van der Waals surface area contributed by atoms with Crippen molar-refractivity contribution in [1.29, 1.82) is 0 Å². The van der Waals surface area contributed by atoms with Crippen molar-refractivity contribution in [2.45, 2.75) is 33.6 Å². The summed E-state index contributed by atoms with van der Waals surface area (Å²) in [6, 6.07) is 8.75. The minimum atomic E-state index is 0.750. The van der Waals surface area contributed by atoms with Gasteiger partial charge in [-0.2, -0.15) is 0 Å². The number of aryl methyl sites for hydroxylation is 1. The molecule has 18 heavy (non-hydrogen) atoms. The molecule has 0 fully saturated rings. The van der Waals surface area contributed by atoms with E-state index >= 15 is 0 Å². The lowest BCUT2D eigenvalue weighted by Crippen LogP contribution is -2.23. The van der Waals surface area contributed by atoms with Crippen LogP contribution in [-0.2, 0) is 0 Å². The minimum absolute atomic E-state index is 0.750. The Labute approximate surface area is 112 Å². The fourth-order valence-electron chi connectivity index (χ4n) is 1.92. The number of nitrogens with zero attached hydrogens (tertiary/aromatic N) is 1. The maximum atomic E-state index is 3.49. The molecule has 1 aromatic rings. The van der Waals surface area contributed by atoms with Crippen LogP contribution in [0.15, 0.2) is 24.3 Å². The molecule has 0 spiro atoms. The summed E-state index contributed by atoms with van der Waals surface area (Å²) in [6.45, 7) is 10.0. The van der Waals surface area contributed by atoms with E-state index in [1.165, 1.54) is 24.1 Å². The first-order valence-corrected chi connectivity index (χ1v) is 7.08. The molecule has 1 N–H and O–H groups in total. The van der Waals surface area contributed by atoms with Crippen LogP contribution in [-0.4, -0.2) is 26.7 Å². The molecule has 0 radical (unpaired) electrons. The SMILES string of the molecule is Cc1ccc(N(C)CCCCNCC(C)C)cc1. The van der Waals surface area contributed by atoms with Gasteiger partial charge in [-0.25, -0.2) is 0 Å². The van der Waals surface area contributed by atoms with Crippen LogP contribution in [0.3, 0.4) is 0 Å².